The molecule has 7 heteroatoms. The molecule has 1 unspecified atom stereocenters. The van der Waals surface area contributed by atoms with Crippen LogP contribution in [0.1, 0.15) is 60.9 Å². The zero-order valence-electron chi connectivity index (χ0n) is 18.9. The predicted molar refractivity (Wildman–Crippen MR) is 124 cm³/mol. The van der Waals surface area contributed by atoms with Gasteiger partial charge < -0.3 is 10.2 Å². The molecule has 4 rings (SSSR count). The first kappa shape index (κ1) is 22.5. The van der Waals surface area contributed by atoms with Gasteiger partial charge in [-0.1, -0.05) is 36.8 Å². The Hall–Kier alpha value is -2.67. The summed E-state index contributed by atoms with van der Waals surface area (Å²) in [4.78, 5) is 30.0. The minimum atomic E-state index is 0.0541. The Kier molecular flexibility index (Phi) is 7.93. The number of fused-ring (bicyclic) bond motifs is 1. The molecule has 1 atom stereocenters. The van der Waals surface area contributed by atoms with Gasteiger partial charge in [-0.15, -0.1) is 0 Å². The van der Waals surface area contributed by atoms with E-state index in [1.807, 2.05) is 34.0 Å². The first-order valence-corrected chi connectivity index (χ1v) is 12.1. The zero-order valence-corrected chi connectivity index (χ0v) is 18.9. The van der Waals surface area contributed by atoms with Crippen molar-refractivity contribution in [1.29, 1.82) is 0 Å². The summed E-state index contributed by atoms with van der Waals surface area (Å²) in [5, 5.41) is 7.49. The van der Waals surface area contributed by atoms with Gasteiger partial charge in [0.1, 0.15) is 0 Å². The number of amides is 2. The summed E-state index contributed by atoms with van der Waals surface area (Å²) in [7, 11) is 0. The highest BCUT2D eigenvalue weighted by Gasteiger charge is 2.25. The normalized spacial score (nSPS) is 21.6. The quantitative estimate of drug-likeness (QED) is 0.802. The maximum atomic E-state index is 13.3. The summed E-state index contributed by atoms with van der Waals surface area (Å²) in [5.41, 5.74) is 1.81. The molecule has 1 aromatic carbocycles. The fourth-order valence-electron chi connectivity index (χ4n) is 4.82. The number of nitrogens with one attached hydrogen (secondary N) is 1. The lowest BCUT2D eigenvalue weighted by atomic mass is 9.98. The molecule has 7 nitrogen and oxygen atoms in total. The SMILES string of the molecule is O=C1CC2CCCCN2CCCN(C(=O)c2cnn(Cc3ccccc3)c2)CCCCN1. The fourth-order valence-corrected chi connectivity index (χ4v) is 4.82. The maximum Gasteiger partial charge on any atom is 0.257 e. The molecule has 2 aliphatic heterocycles. The average Bonchev–Trinajstić information content (AvgIpc) is 3.27. The van der Waals surface area contributed by atoms with Crippen molar-refractivity contribution >= 4 is 11.8 Å². The first-order chi connectivity index (χ1) is 15.7. The van der Waals surface area contributed by atoms with Crippen LogP contribution in [0.4, 0.5) is 0 Å². The molecule has 2 amide bonds. The number of rotatable bonds is 3. The molecule has 2 aliphatic rings. The highest BCUT2D eigenvalue weighted by Crippen LogP contribution is 2.20. The number of nitrogens with zero attached hydrogens (tertiary/aromatic N) is 4. The third kappa shape index (κ3) is 6.19. The van der Waals surface area contributed by atoms with Crippen molar-refractivity contribution in [3.8, 4) is 0 Å². The van der Waals surface area contributed by atoms with Crippen LogP contribution in [0.25, 0.3) is 0 Å². The number of hydrogen-bond acceptors (Lipinski definition) is 4. The first-order valence-electron chi connectivity index (χ1n) is 12.1. The summed E-state index contributed by atoms with van der Waals surface area (Å²) in [6.45, 7) is 4.79. The van der Waals surface area contributed by atoms with E-state index in [9.17, 15) is 9.59 Å². The molecular weight excluding hydrogens is 402 g/mol. The highest BCUT2D eigenvalue weighted by molar-refractivity contribution is 5.93. The summed E-state index contributed by atoms with van der Waals surface area (Å²) in [6.07, 6.45) is 10.3. The highest BCUT2D eigenvalue weighted by atomic mass is 16.2. The van der Waals surface area contributed by atoms with E-state index in [4.69, 9.17) is 0 Å². The molecule has 2 aromatic rings. The molecule has 2 saturated heterocycles. The van der Waals surface area contributed by atoms with Gasteiger partial charge in [0.2, 0.25) is 5.91 Å². The third-order valence-electron chi connectivity index (χ3n) is 6.58. The van der Waals surface area contributed by atoms with E-state index in [1.165, 1.54) is 12.8 Å². The van der Waals surface area contributed by atoms with Gasteiger partial charge in [0.15, 0.2) is 0 Å². The van der Waals surface area contributed by atoms with Gasteiger partial charge in [0.25, 0.3) is 5.91 Å². The lowest BCUT2D eigenvalue weighted by Gasteiger charge is -2.35. The van der Waals surface area contributed by atoms with E-state index in [0.717, 1.165) is 50.9 Å². The molecule has 0 saturated carbocycles. The number of benzene rings is 1. The van der Waals surface area contributed by atoms with Gasteiger partial charge in [0, 0.05) is 44.8 Å². The van der Waals surface area contributed by atoms with Crippen LogP contribution in [-0.4, -0.2) is 70.2 Å². The van der Waals surface area contributed by atoms with Crippen molar-refractivity contribution in [3.05, 3.63) is 53.9 Å². The summed E-state index contributed by atoms with van der Waals surface area (Å²) >= 11 is 0. The van der Waals surface area contributed by atoms with E-state index < -0.39 is 0 Å². The Morgan fingerprint density at radius 2 is 1.78 bits per heavy atom. The Bertz CT molecular complexity index is 881. The van der Waals surface area contributed by atoms with Gasteiger partial charge in [-0.25, -0.2) is 0 Å². The van der Waals surface area contributed by atoms with Crippen LogP contribution in [0.2, 0.25) is 0 Å². The van der Waals surface area contributed by atoms with Gasteiger partial charge in [0.05, 0.1) is 18.3 Å². The van der Waals surface area contributed by atoms with Gasteiger partial charge in [-0.2, -0.15) is 5.10 Å². The summed E-state index contributed by atoms with van der Waals surface area (Å²) in [6, 6.07) is 10.5. The minimum absolute atomic E-state index is 0.0541. The van der Waals surface area contributed by atoms with Crippen LogP contribution in [0, 0.1) is 0 Å². The van der Waals surface area contributed by atoms with Crippen LogP contribution in [-0.2, 0) is 11.3 Å². The average molecular weight is 438 g/mol. The molecule has 1 aromatic heterocycles. The minimum Gasteiger partial charge on any atom is -0.356 e. The van der Waals surface area contributed by atoms with Gasteiger partial charge in [-0.3, -0.25) is 19.2 Å². The van der Waals surface area contributed by atoms with Crippen molar-refractivity contribution in [2.24, 2.45) is 0 Å². The van der Waals surface area contributed by atoms with Crippen LogP contribution in [0.3, 0.4) is 0 Å². The third-order valence-corrected chi connectivity index (χ3v) is 6.58. The lowest BCUT2D eigenvalue weighted by Crippen LogP contribution is -2.44. The monoisotopic (exact) mass is 437 g/mol. The standard InChI is InChI=1S/C25H35N5O2/c31-24-17-23-11-4-6-13-28(23)15-8-16-29(14-7-5-12-26-24)25(32)22-18-27-30(20-22)19-21-9-2-1-3-10-21/h1-3,9-10,18,20,23H,4-8,11-17,19H2,(H,26,31). The molecule has 0 radical (unpaired) electrons. The predicted octanol–water partition coefficient (Wildman–Crippen LogP) is 2.92. The van der Waals surface area contributed by atoms with E-state index in [1.54, 1.807) is 6.20 Å². The van der Waals surface area contributed by atoms with E-state index >= 15 is 0 Å². The fraction of sp³-hybridized carbons (Fsp3) is 0.560. The second-order valence-electron chi connectivity index (χ2n) is 9.00. The molecule has 0 bridgehead atoms. The number of carbonyl (C=O) groups excluding carboxylic acids is 2. The smallest absolute Gasteiger partial charge is 0.257 e. The second-order valence-corrected chi connectivity index (χ2v) is 9.00. The molecule has 0 spiro atoms. The van der Waals surface area contributed by atoms with Gasteiger partial charge >= 0.3 is 0 Å². The lowest BCUT2D eigenvalue weighted by molar-refractivity contribution is -0.122. The zero-order chi connectivity index (χ0) is 22.2. The number of piperidine rings is 1. The van der Waals surface area contributed by atoms with Crippen molar-refractivity contribution in [3.63, 3.8) is 0 Å². The molecular formula is C25H35N5O2. The van der Waals surface area contributed by atoms with E-state index in [-0.39, 0.29) is 11.8 Å². The Morgan fingerprint density at radius 1 is 1.00 bits per heavy atom. The molecule has 1 N–H and O–H groups in total. The van der Waals surface area contributed by atoms with Crippen LogP contribution >= 0.6 is 0 Å². The van der Waals surface area contributed by atoms with Gasteiger partial charge in [-0.05, 0) is 44.2 Å². The summed E-state index contributed by atoms with van der Waals surface area (Å²) < 4.78 is 1.83. The molecule has 0 aliphatic carbocycles. The van der Waals surface area contributed by atoms with Crippen molar-refractivity contribution in [1.82, 2.24) is 24.9 Å². The Labute approximate surface area is 190 Å². The molecule has 32 heavy (non-hydrogen) atoms. The van der Waals surface area contributed by atoms with Crippen molar-refractivity contribution in [2.75, 3.05) is 32.7 Å². The van der Waals surface area contributed by atoms with Crippen molar-refractivity contribution < 1.29 is 9.59 Å². The Morgan fingerprint density at radius 3 is 2.66 bits per heavy atom. The van der Waals surface area contributed by atoms with E-state index in [0.29, 0.717) is 37.7 Å². The largest absolute Gasteiger partial charge is 0.356 e. The number of hydrogen-bond donors (Lipinski definition) is 1. The van der Waals surface area contributed by atoms with Crippen LogP contribution in [0.15, 0.2) is 42.7 Å². The second kappa shape index (κ2) is 11.3. The van der Waals surface area contributed by atoms with E-state index in [2.05, 4.69) is 27.4 Å². The molecule has 172 valence electrons. The molecule has 3 heterocycles. The maximum absolute atomic E-state index is 13.3. The van der Waals surface area contributed by atoms with Crippen LogP contribution in [0.5, 0.6) is 0 Å². The topological polar surface area (TPSA) is 70.5 Å². The van der Waals surface area contributed by atoms with Crippen LogP contribution < -0.4 is 5.32 Å². The number of aromatic nitrogens is 2. The Balaban J connectivity index is 1.40. The summed E-state index contributed by atoms with van der Waals surface area (Å²) in [5.74, 6) is 0.221. The van der Waals surface area contributed by atoms with Crippen molar-refractivity contribution in [2.45, 2.75) is 57.5 Å². The molecule has 2 fully saturated rings. The number of carbonyl (C=O) groups is 2.